The topological polar surface area (TPSA) is 71.1 Å². The molecule has 0 unspecified atom stereocenters. The maximum atomic E-state index is 11.3. The van der Waals surface area contributed by atoms with Crippen LogP contribution in [0.3, 0.4) is 0 Å². The summed E-state index contributed by atoms with van der Waals surface area (Å²) in [6.07, 6.45) is 3.45. The van der Waals surface area contributed by atoms with E-state index < -0.39 is 0 Å². The van der Waals surface area contributed by atoms with E-state index in [9.17, 15) is 4.79 Å². The minimum absolute atomic E-state index is 0.186. The summed E-state index contributed by atoms with van der Waals surface area (Å²) in [5.74, 6) is 2.81. The Hall–Kier alpha value is -2.37. The molecule has 1 aliphatic heterocycles. The average molecular weight is 298 g/mol. The largest absolute Gasteiger partial charge is 0.492 e. The van der Waals surface area contributed by atoms with Gasteiger partial charge in [0.2, 0.25) is 5.91 Å². The lowest BCUT2D eigenvalue weighted by molar-refractivity contribution is -0.128. The Morgan fingerprint density at radius 2 is 2.18 bits per heavy atom. The van der Waals surface area contributed by atoms with Crippen LogP contribution in [0.5, 0.6) is 5.75 Å². The lowest BCUT2D eigenvalue weighted by Gasteiger charge is -2.17. The number of fused-ring (bicyclic) bond motifs is 1. The second-order valence-electron chi connectivity index (χ2n) is 6.08. The highest BCUT2D eigenvalue weighted by Crippen LogP contribution is 2.51. The van der Waals surface area contributed by atoms with E-state index in [0.29, 0.717) is 24.4 Å². The predicted molar refractivity (Wildman–Crippen MR) is 80.0 cm³/mol. The second kappa shape index (κ2) is 5.12. The van der Waals surface area contributed by atoms with Crippen molar-refractivity contribution in [2.24, 2.45) is 17.8 Å². The number of carbonyl (C=O) groups is 1. The van der Waals surface area contributed by atoms with Gasteiger partial charge in [-0.15, -0.1) is 0 Å². The lowest BCUT2D eigenvalue weighted by atomic mass is 10.2. The molecule has 0 radical (unpaired) electrons. The Labute approximate surface area is 128 Å². The molecule has 1 N–H and O–H groups in total. The predicted octanol–water partition coefficient (Wildman–Crippen LogP) is 1.57. The molecule has 1 amide bonds. The smallest absolute Gasteiger partial charge is 0.219 e. The molecule has 3 atom stereocenters. The normalized spacial score (nSPS) is 25.9. The molecular formula is C16H18N4O2. The van der Waals surface area contributed by atoms with E-state index in [4.69, 9.17) is 4.74 Å². The van der Waals surface area contributed by atoms with Gasteiger partial charge in [0.25, 0.3) is 0 Å². The highest BCUT2D eigenvalue weighted by atomic mass is 16.5. The Morgan fingerprint density at radius 3 is 2.77 bits per heavy atom. The molecule has 2 aromatic rings. The number of aromatic amines is 1. The molecule has 6 nitrogen and oxygen atoms in total. The third kappa shape index (κ3) is 2.34. The fourth-order valence-corrected chi connectivity index (χ4v) is 3.37. The molecular weight excluding hydrogens is 280 g/mol. The van der Waals surface area contributed by atoms with Crippen LogP contribution in [0.4, 0.5) is 0 Å². The SMILES string of the molecule is CC(=O)N1C[C@@H]2[C@@H](COc3ccc(-c4ccn[nH]4)nc3)[C@@H]2C1. The van der Waals surface area contributed by atoms with Gasteiger partial charge in [-0.2, -0.15) is 5.10 Å². The van der Waals surface area contributed by atoms with Crippen molar-refractivity contribution in [3.8, 4) is 17.1 Å². The zero-order valence-corrected chi connectivity index (χ0v) is 12.4. The van der Waals surface area contributed by atoms with Crippen molar-refractivity contribution in [2.75, 3.05) is 19.7 Å². The fourth-order valence-electron chi connectivity index (χ4n) is 3.37. The van der Waals surface area contributed by atoms with Gasteiger partial charge in [-0.1, -0.05) is 0 Å². The first-order valence-electron chi connectivity index (χ1n) is 7.56. The van der Waals surface area contributed by atoms with Gasteiger partial charge in [0.05, 0.1) is 24.2 Å². The number of hydrogen-bond acceptors (Lipinski definition) is 4. The van der Waals surface area contributed by atoms with Crippen LogP contribution < -0.4 is 4.74 Å². The Balaban J connectivity index is 1.30. The van der Waals surface area contributed by atoms with E-state index in [1.807, 2.05) is 23.1 Å². The van der Waals surface area contributed by atoms with Gasteiger partial charge < -0.3 is 9.64 Å². The minimum Gasteiger partial charge on any atom is -0.492 e. The lowest BCUT2D eigenvalue weighted by Crippen LogP contribution is -2.30. The molecule has 6 heteroatoms. The number of amides is 1. The third-order valence-electron chi connectivity index (χ3n) is 4.77. The highest BCUT2D eigenvalue weighted by molar-refractivity contribution is 5.73. The molecule has 22 heavy (non-hydrogen) atoms. The Morgan fingerprint density at radius 1 is 1.36 bits per heavy atom. The molecule has 1 saturated heterocycles. The van der Waals surface area contributed by atoms with Crippen molar-refractivity contribution in [3.05, 3.63) is 30.6 Å². The summed E-state index contributed by atoms with van der Waals surface area (Å²) in [5, 5.41) is 6.80. The number of aromatic nitrogens is 3. The molecule has 2 fully saturated rings. The zero-order chi connectivity index (χ0) is 15.1. The van der Waals surface area contributed by atoms with Crippen LogP contribution in [-0.4, -0.2) is 45.7 Å². The van der Waals surface area contributed by atoms with Crippen LogP contribution in [0.1, 0.15) is 6.92 Å². The minimum atomic E-state index is 0.186. The van der Waals surface area contributed by atoms with Gasteiger partial charge in [0.15, 0.2) is 0 Å². The molecule has 0 bridgehead atoms. The first kappa shape index (κ1) is 13.3. The van der Waals surface area contributed by atoms with E-state index in [0.717, 1.165) is 30.2 Å². The van der Waals surface area contributed by atoms with Gasteiger partial charge in [-0.3, -0.25) is 14.9 Å². The van der Waals surface area contributed by atoms with E-state index in [2.05, 4.69) is 15.2 Å². The molecule has 114 valence electrons. The van der Waals surface area contributed by atoms with Crippen molar-refractivity contribution < 1.29 is 9.53 Å². The van der Waals surface area contributed by atoms with Gasteiger partial charge >= 0.3 is 0 Å². The first-order chi connectivity index (χ1) is 10.7. The average Bonchev–Trinajstić information content (AvgIpc) is 2.97. The van der Waals surface area contributed by atoms with Gasteiger partial charge in [0, 0.05) is 32.1 Å². The number of likely N-dealkylation sites (tertiary alicyclic amines) is 1. The van der Waals surface area contributed by atoms with E-state index in [1.165, 1.54) is 0 Å². The summed E-state index contributed by atoms with van der Waals surface area (Å²) in [4.78, 5) is 17.6. The van der Waals surface area contributed by atoms with Crippen molar-refractivity contribution in [1.29, 1.82) is 0 Å². The molecule has 2 aromatic heterocycles. The number of rotatable bonds is 4. The molecule has 2 aliphatic rings. The van der Waals surface area contributed by atoms with Crippen LogP contribution in [-0.2, 0) is 4.79 Å². The number of hydrogen-bond donors (Lipinski definition) is 1. The number of H-pyrrole nitrogens is 1. The molecule has 0 spiro atoms. The summed E-state index contributed by atoms with van der Waals surface area (Å²) in [6, 6.07) is 5.74. The van der Waals surface area contributed by atoms with Crippen molar-refractivity contribution in [1.82, 2.24) is 20.1 Å². The molecule has 1 aliphatic carbocycles. The van der Waals surface area contributed by atoms with Gasteiger partial charge in [-0.05, 0) is 30.0 Å². The Kier molecular flexibility index (Phi) is 3.10. The van der Waals surface area contributed by atoms with Gasteiger partial charge in [-0.25, -0.2) is 0 Å². The molecule has 4 rings (SSSR count). The summed E-state index contributed by atoms with van der Waals surface area (Å²) >= 11 is 0. The van der Waals surface area contributed by atoms with Crippen LogP contribution in [0.25, 0.3) is 11.4 Å². The van der Waals surface area contributed by atoms with Crippen LogP contribution in [0.15, 0.2) is 30.6 Å². The van der Waals surface area contributed by atoms with Crippen LogP contribution >= 0.6 is 0 Å². The maximum absolute atomic E-state index is 11.3. The van der Waals surface area contributed by atoms with E-state index in [1.54, 1.807) is 19.3 Å². The highest BCUT2D eigenvalue weighted by Gasteiger charge is 2.56. The van der Waals surface area contributed by atoms with Crippen molar-refractivity contribution >= 4 is 5.91 Å². The summed E-state index contributed by atoms with van der Waals surface area (Å²) in [6.45, 7) is 4.14. The number of ether oxygens (including phenoxy) is 1. The quantitative estimate of drug-likeness (QED) is 0.930. The first-order valence-corrected chi connectivity index (χ1v) is 7.56. The number of nitrogens with one attached hydrogen (secondary N) is 1. The molecule has 3 heterocycles. The van der Waals surface area contributed by atoms with Crippen LogP contribution in [0.2, 0.25) is 0 Å². The Bertz CT molecular complexity index is 656. The zero-order valence-electron chi connectivity index (χ0n) is 12.4. The number of pyridine rings is 1. The third-order valence-corrected chi connectivity index (χ3v) is 4.77. The van der Waals surface area contributed by atoms with Gasteiger partial charge in [0.1, 0.15) is 5.75 Å². The maximum Gasteiger partial charge on any atom is 0.219 e. The summed E-state index contributed by atoms with van der Waals surface area (Å²) in [7, 11) is 0. The van der Waals surface area contributed by atoms with Crippen LogP contribution in [0, 0.1) is 17.8 Å². The van der Waals surface area contributed by atoms with E-state index in [-0.39, 0.29) is 5.91 Å². The van der Waals surface area contributed by atoms with Crippen molar-refractivity contribution in [2.45, 2.75) is 6.92 Å². The second-order valence-corrected chi connectivity index (χ2v) is 6.08. The standard InChI is InChI=1S/C16H18N4O2/c1-10(21)20-7-12-13(8-20)14(12)9-22-11-2-3-15(17-6-11)16-4-5-18-19-16/h2-6,12-14H,7-9H2,1H3,(H,18,19)/t12-,13+,14+. The summed E-state index contributed by atoms with van der Waals surface area (Å²) in [5.41, 5.74) is 1.75. The number of carbonyl (C=O) groups excluding carboxylic acids is 1. The number of piperidine rings is 1. The van der Waals surface area contributed by atoms with E-state index >= 15 is 0 Å². The number of nitrogens with zero attached hydrogens (tertiary/aromatic N) is 3. The van der Waals surface area contributed by atoms with Crippen molar-refractivity contribution in [3.63, 3.8) is 0 Å². The monoisotopic (exact) mass is 298 g/mol. The summed E-state index contributed by atoms with van der Waals surface area (Å²) < 4.78 is 5.84. The fraction of sp³-hybridized carbons (Fsp3) is 0.438. The molecule has 1 saturated carbocycles. The molecule has 0 aromatic carbocycles.